The fourth-order valence-corrected chi connectivity index (χ4v) is 5.81. The van der Waals surface area contributed by atoms with E-state index in [0.29, 0.717) is 17.6 Å². The van der Waals surface area contributed by atoms with Crippen molar-refractivity contribution >= 4 is 46.2 Å². The first-order valence-corrected chi connectivity index (χ1v) is 14.8. The molecule has 1 aliphatic rings. The number of nitrogens with zero attached hydrogens (tertiary/aromatic N) is 6. The van der Waals surface area contributed by atoms with Crippen LogP contribution in [0.25, 0.3) is 17.1 Å². The molecule has 13 heteroatoms. The molecular formula is C30H28F3N7OS2. The van der Waals surface area contributed by atoms with E-state index in [1.165, 1.54) is 46.4 Å². The number of alkyl halides is 3. The van der Waals surface area contributed by atoms with E-state index in [-0.39, 0.29) is 10.9 Å². The Labute approximate surface area is 256 Å². The number of thiocarbonyl (C=S) groups is 1. The quantitative estimate of drug-likeness (QED) is 0.136. The lowest BCUT2D eigenvalue weighted by Gasteiger charge is -2.26. The van der Waals surface area contributed by atoms with E-state index in [1.807, 2.05) is 24.3 Å². The van der Waals surface area contributed by atoms with Crippen LogP contribution in [0.1, 0.15) is 30.5 Å². The molecule has 2 heterocycles. The summed E-state index contributed by atoms with van der Waals surface area (Å²) in [6, 6.07) is 19.6. The molecule has 5 rings (SSSR count). The monoisotopic (exact) mass is 623 g/mol. The molecule has 43 heavy (non-hydrogen) atoms. The van der Waals surface area contributed by atoms with Gasteiger partial charge in [-0.05, 0) is 73.9 Å². The van der Waals surface area contributed by atoms with E-state index >= 15 is 0 Å². The fourth-order valence-electron chi connectivity index (χ4n) is 4.50. The molecular weight excluding hydrogens is 596 g/mol. The van der Waals surface area contributed by atoms with Crippen LogP contribution < -0.4 is 15.1 Å². The second-order valence-corrected chi connectivity index (χ2v) is 11.1. The first-order chi connectivity index (χ1) is 20.6. The van der Waals surface area contributed by atoms with Crippen molar-refractivity contribution in [2.24, 2.45) is 10.1 Å². The van der Waals surface area contributed by atoms with E-state index in [0.717, 1.165) is 34.2 Å². The van der Waals surface area contributed by atoms with E-state index in [2.05, 4.69) is 74.2 Å². The largest absolute Gasteiger partial charge is 0.573 e. The summed E-state index contributed by atoms with van der Waals surface area (Å²) >= 11 is 7.13. The molecule has 0 saturated carbocycles. The number of nitrogens with one attached hydrogen (secondary N) is 1. The van der Waals surface area contributed by atoms with Crippen LogP contribution in [-0.4, -0.2) is 49.4 Å². The summed E-state index contributed by atoms with van der Waals surface area (Å²) in [7, 11) is 0. The highest BCUT2D eigenvalue weighted by Crippen LogP contribution is 2.33. The van der Waals surface area contributed by atoms with E-state index in [4.69, 9.17) is 12.2 Å². The zero-order valence-corrected chi connectivity index (χ0v) is 25.2. The van der Waals surface area contributed by atoms with Crippen LogP contribution in [0, 0.1) is 6.92 Å². The van der Waals surface area contributed by atoms with Gasteiger partial charge in [-0.1, -0.05) is 60.6 Å². The second kappa shape index (κ2) is 13.0. The Morgan fingerprint density at radius 2 is 1.88 bits per heavy atom. The fraction of sp³-hybridized carbons (Fsp3) is 0.233. The molecule has 8 nitrogen and oxygen atoms in total. The molecule has 0 spiro atoms. The van der Waals surface area contributed by atoms with Crippen molar-refractivity contribution in [3.63, 3.8) is 0 Å². The molecule has 1 saturated heterocycles. The highest BCUT2D eigenvalue weighted by atomic mass is 32.2. The zero-order valence-electron chi connectivity index (χ0n) is 23.5. The molecule has 1 atom stereocenters. The number of aryl methyl sites for hydroxylation is 2. The summed E-state index contributed by atoms with van der Waals surface area (Å²) in [6.07, 6.45) is -0.682. The standard InChI is InChI=1S/C30H28F3N7OS2/c1-4-22-15-19(2)5-14-26(22)40-20(3)17-43-29(40)36-28(42)37-35-16-21-6-8-23(9-7-21)27-34-18-39(38-27)24-10-12-25(13-11-24)41-30(31,32)33/h5-16,18,20H,4,17H2,1-3H3,(H,37,42)/b35-16+,36-29?. The van der Waals surface area contributed by atoms with Gasteiger partial charge in [0, 0.05) is 23.0 Å². The van der Waals surface area contributed by atoms with Crippen LogP contribution >= 0.6 is 24.0 Å². The zero-order chi connectivity index (χ0) is 30.6. The van der Waals surface area contributed by atoms with Crippen molar-refractivity contribution in [3.8, 4) is 22.8 Å². The normalized spacial score (nSPS) is 16.3. The third kappa shape index (κ3) is 7.59. The van der Waals surface area contributed by atoms with Crippen molar-refractivity contribution in [1.82, 2.24) is 20.2 Å². The molecule has 1 aromatic heterocycles. The number of aromatic nitrogens is 3. The van der Waals surface area contributed by atoms with Crippen LogP contribution in [0.4, 0.5) is 18.9 Å². The molecule has 0 radical (unpaired) electrons. The Hall–Kier alpha value is -4.23. The van der Waals surface area contributed by atoms with Gasteiger partial charge in [-0.3, -0.25) is 5.43 Å². The number of benzene rings is 3. The van der Waals surface area contributed by atoms with Gasteiger partial charge in [0.15, 0.2) is 11.0 Å². The minimum absolute atomic E-state index is 0.271. The van der Waals surface area contributed by atoms with Gasteiger partial charge in [0.2, 0.25) is 5.11 Å². The SMILES string of the molecule is CCc1cc(C)ccc1N1C(=NC(=S)N/N=C/c2ccc(-c3ncn(-c4ccc(OC(F)(F)F)cc4)n3)cc2)SCC1C. The molecule has 1 fully saturated rings. The number of rotatable bonds is 7. The van der Waals surface area contributed by atoms with E-state index < -0.39 is 6.36 Å². The summed E-state index contributed by atoms with van der Waals surface area (Å²) in [6.45, 7) is 6.44. The van der Waals surface area contributed by atoms with Crippen LogP contribution in [0.5, 0.6) is 5.75 Å². The number of anilines is 1. The van der Waals surface area contributed by atoms with Crippen molar-refractivity contribution < 1.29 is 17.9 Å². The number of hydrogen-bond donors (Lipinski definition) is 1. The van der Waals surface area contributed by atoms with Gasteiger partial charge in [0.25, 0.3) is 0 Å². The first kappa shape index (κ1) is 30.2. The minimum atomic E-state index is -4.74. The highest BCUT2D eigenvalue weighted by molar-refractivity contribution is 8.14. The van der Waals surface area contributed by atoms with Gasteiger partial charge in [0.05, 0.1) is 11.9 Å². The Kier molecular flexibility index (Phi) is 9.11. The Bertz CT molecular complexity index is 1650. The summed E-state index contributed by atoms with van der Waals surface area (Å²) in [5.41, 5.74) is 8.63. The van der Waals surface area contributed by atoms with Crippen molar-refractivity contribution in [2.75, 3.05) is 10.7 Å². The molecule has 1 aliphatic heterocycles. The lowest BCUT2D eigenvalue weighted by Crippen LogP contribution is -2.33. The van der Waals surface area contributed by atoms with Crippen LogP contribution in [0.15, 0.2) is 83.2 Å². The molecule has 4 aromatic rings. The van der Waals surface area contributed by atoms with E-state index in [1.54, 1.807) is 18.0 Å². The van der Waals surface area contributed by atoms with Gasteiger partial charge in [-0.15, -0.1) is 18.3 Å². The summed E-state index contributed by atoms with van der Waals surface area (Å²) < 4.78 is 42.6. The molecule has 0 aliphatic carbocycles. The number of hydrogen-bond acceptors (Lipinski definition) is 6. The Morgan fingerprint density at radius 3 is 2.58 bits per heavy atom. The average molecular weight is 624 g/mol. The van der Waals surface area contributed by atoms with Crippen molar-refractivity contribution in [3.05, 3.63) is 89.7 Å². The highest BCUT2D eigenvalue weighted by Gasteiger charge is 2.31. The molecule has 1 N–H and O–H groups in total. The maximum absolute atomic E-state index is 12.4. The molecule has 0 amide bonds. The Balaban J connectivity index is 1.20. The second-order valence-electron chi connectivity index (χ2n) is 9.76. The number of aliphatic imine (C=N–C) groups is 1. The maximum atomic E-state index is 12.4. The Morgan fingerprint density at radius 1 is 1.14 bits per heavy atom. The third-order valence-corrected chi connectivity index (χ3v) is 7.92. The summed E-state index contributed by atoms with van der Waals surface area (Å²) in [4.78, 5) is 11.2. The molecule has 1 unspecified atom stereocenters. The van der Waals surface area contributed by atoms with Crippen molar-refractivity contribution in [1.29, 1.82) is 0 Å². The maximum Gasteiger partial charge on any atom is 0.573 e. The number of thioether (sulfide) groups is 1. The summed E-state index contributed by atoms with van der Waals surface area (Å²) in [5, 5.41) is 9.80. The molecule has 222 valence electrons. The third-order valence-electron chi connectivity index (χ3n) is 6.54. The molecule has 3 aromatic carbocycles. The summed E-state index contributed by atoms with van der Waals surface area (Å²) in [5.74, 6) is 1.07. The van der Waals surface area contributed by atoms with Gasteiger partial charge in [0.1, 0.15) is 12.1 Å². The topological polar surface area (TPSA) is 79.9 Å². The predicted octanol–water partition coefficient (Wildman–Crippen LogP) is 6.91. The van der Waals surface area contributed by atoms with Gasteiger partial charge in [-0.2, -0.15) is 10.1 Å². The smallest absolute Gasteiger partial charge is 0.406 e. The lowest BCUT2D eigenvalue weighted by molar-refractivity contribution is -0.274. The van der Waals surface area contributed by atoms with E-state index in [9.17, 15) is 13.2 Å². The van der Waals surface area contributed by atoms with Gasteiger partial charge in [-0.25, -0.2) is 9.67 Å². The minimum Gasteiger partial charge on any atom is -0.406 e. The number of hydrazone groups is 1. The lowest BCUT2D eigenvalue weighted by atomic mass is 10.1. The average Bonchev–Trinajstić information content (AvgIpc) is 3.60. The number of ether oxygens (including phenoxy) is 1. The van der Waals surface area contributed by atoms with Crippen molar-refractivity contribution in [2.45, 2.75) is 39.6 Å². The number of amidine groups is 1. The first-order valence-electron chi connectivity index (χ1n) is 13.4. The molecule has 0 bridgehead atoms. The number of halogens is 3. The predicted molar refractivity (Wildman–Crippen MR) is 169 cm³/mol. The van der Waals surface area contributed by atoms with Crippen LogP contribution in [0.3, 0.4) is 0 Å². The van der Waals surface area contributed by atoms with Crippen LogP contribution in [-0.2, 0) is 6.42 Å². The van der Waals surface area contributed by atoms with Gasteiger partial charge >= 0.3 is 6.36 Å². The van der Waals surface area contributed by atoms with Gasteiger partial charge < -0.3 is 9.64 Å². The van der Waals surface area contributed by atoms with Crippen LogP contribution in [0.2, 0.25) is 0 Å².